The van der Waals surface area contributed by atoms with Crippen LogP contribution < -0.4 is 10.9 Å². The van der Waals surface area contributed by atoms with E-state index in [0.717, 1.165) is 31.0 Å². The first-order valence-electron chi connectivity index (χ1n) is 6.73. The summed E-state index contributed by atoms with van der Waals surface area (Å²) in [6.45, 7) is 2.52. The van der Waals surface area contributed by atoms with Crippen LogP contribution in [0.25, 0.3) is 0 Å². The summed E-state index contributed by atoms with van der Waals surface area (Å²) in [5, 5.41) is 3.50. The molecule has 0 radical (unpaired) electrons. The van der Waals surface area contributed by atoms with E-state index >= 15 is 0 Å². The van der Waals surface area contributed by atoms with E-state index in [4.69, 9.17) is 4.42 Å². The molecule has 0 aliphatic carbocycles. The highest BCUT2D eigenvalue weighted by atomic mass is 16.3. The summed E-state index contributed by atoms with van der Waals surface area (Å²) >= 11 is 0. The van der Waals surface area contributed by atoms with E-state index in [2.05, 4.69) is 11.4 Å². The highest BCUT2D eigenvalue weighted by molar-refractivity contribution is 5.26. The molecule has 2 aromatic heterocycles. The van der Waals surface area contributed by atoms with E-state index in [1.165, 1.54) is 0 Å². The van der Waals surface area contributed by atoms with Crippen LogP contribution in [0.15, 0.2) is 45.8 Å². The van der Waals surface area contributed by atoms with Gasteiger partial charge in [-0.3, -0.25) is 4.79 Å². The van der Waals surface area contributed by atoms with Crippen molar-refractivity contribution < 1.29 is 4.42 Å². The van der Waals surface area contributed by atoms with Gasteiger partial charge in [-0.05, 0) is 24.6 Å². The van der Waals surface area contributed by atoms with E-state index in [0.29, 0.717) is 12.5 Å². The van der Waals surface area contributed by atoms with Gasteiger partial charge < -0.3 is 14.3 Å². The van der Waals surface area contributed by atoms with Gasteiger partial charge in [-0.2, -0.15) is 0 Å². The molecule has 0 saturated carbocycles. The van der Waals surface area contributed by atoms with Gasteiger partial charge in [0.2, 0.25) is 0 Å². The lowest BCUT2D eigenvalue weighted by molar-refractivity contribution is 0.177. The summed E-state index contributed by atoms with van der Waals surface area (Å²) < 4.78 is 7.58. The predicted molar refractivity (Wildman–Crippen MR) is 71.3 cm³/mol. The highest BCUT2D eigenvalue weighted by Crippen LogP contribution is 2.42. The third kappa shape index (κ3) is 1.53. The predicted octanol–water partition coefficient (Wildman–Crippen LogP) is 1.47. The molecule has 2 atom stereocenters. The zero-order valence-corrected chi connectivity index (χ0v) is 10.6. The van der Waals surface area contributed by atoms with Crippen LogP contribution in [-0.2, 0) is 12.0 Å². The fraction of sp³-hybridized carbons (Fsp3) is 0.400. The number of nitrogens with one attached hydrogen (secondary N) is 1. The summed E-state index contributed by atoms with van der Waals surface area (Å²) in [5.41, 5.74) is 1.17. The van der Waals surface area contributed by atoms with Crippen LogP contribution >= 0.6 is 0 Å². The molecule has 4 heteroatoms. The second kappa shape index (κ2) is 3.84. The van der Waals surface area contributed by atoms with Gasteiger partial charge >= 0.3 is 0 Å². The molecule has 0 aromatic carbocycles. The fourth-order valence-corrected chi connectivity index (χ4v) is 3.64. The Labute approximate surface area is 111 Å². The molecule has 4 heterocycles. The largest absolute Gasteiger partial charge is 0.469 e. The summed E-state index contributed by atoms with van der Waals surface area (Å²) in [6.07, 6.45) is 2.77. The number of nitrogens with zero attached hydrogens (tertiary/aromatic N) is 1. The number of hydrogen-bond acceptors (Lipinski definition) is 3. The smallest absolute Gasteiger partial charge is 0.250 e. The Morgan fingerprint density at radius 1 is 1.32 bits per heavy atom. The quantitative estimate of drug-likeness (QED) is 0.840. The second-order valence-electron chi connectivity index (χ2n) is 5.66. The first kappa shape index (κ1) is 11.1. The van der Waals surface area contributed by atoms with E-state index in [-0.39, 0.29) is 11.0 Å². The maximum Gasteiger partial charge on any atom is 0.250 e. The minimum atomic E-state index is -0.0788. The van der Waals surface area contributed by atoms with Crippen molar-refractivity contribution in [3.8, 4) is 0 Å². The molecule has 1 saturated heterocycles. The Kier molecular flexibility index (Phi) is 2.23. The molecule has 0 amide bonds. The van der Waals surface area contributed by atoms with E-state index in [1.807, 2.05) is 22.8 Å². The molecule has 2 aliphatic heterocycles. The minimum Gasteiger partial charge on any atom is -0.469 e. The van der Waals surface area contributed by atoms with Crippen LogP contribution in [0.1, 0.15) is 23.8 Å². The summed E-state index contributed by atoms with van der Waals surface area (Å²) in [4.78, 5) is 12.1. The van der Waals surface area contributed by atoms with Crippen LogP contribution in [0, 0.1) is 0 Å². The van der Waals surface area contributed by atoms with E-state index < -0.39 is 0 Å². The molecule has 2 aromatic rings. The molecule has 0 spiro atoms. The van der Waals surface area contributed by atoms with Gasteiger partial charge in [-0.25, -0.2) is 0 Å². The van der Waals surface area contributed by atoms with Crippen LogP contribution in [0.3, 0.4) is 0 Å². The fourth-order valence-electron chi connectivity index (χ4n) is 3.64. The van der Waals surface area contributed by atoms with Crippen molar-refractivity contribution >= 4 is 0 Å². The molecule has 2 aliphatic rings. The maximum absolute atomic E-state index is 12.1. The molecule has 2 bridgehead atoms. The molecule has 19 heavy (non-hydrogen) atoms. The summed E-state index contributed by atoms with van der Waals surface area (Å²) in [6, 6.07) is 9.54. The van der Waals surface area contributed by atoms with Crippen molar-refractivity contribution in [2.75, 3.05) is 13.1 Å². The standard InChI is InChI=1S/C15H16N2O2/c18-14-5-1-3-12-11-7-15(9-16-8-11,10-17(12)14)13-4-2-6-19-13/h1-6,11,16H,7-10H2/t11-,15-/m1/s1. The molecular formula is C15H16N2O2. The lowest BCUT2D eigenvalue weighted by Crippen LogP contribution is -2.54. The van der Waals surface area contributed by atoms with Crippen molar-refractivity contribution in [1.29, 1.82) is 0 Å². The molecule has 1 fully saturated rings. The van der Waals surface area contributed by atoms with Gasteiger partial charge in [0.1, 0.15) is 5.76 Å². The molecule has 1 N–H and O–H groups in total. The molecular weight excluding hydrogens is 240 g/mol. The normalized spacial score (nSPS) is 28.9. The lowest BCUT2D eigenvalue weighted by Gasteiger charge is -2.45. The highest BCUT2D eigenvalue weighted by Gasteiger charge is 2.45. The third-order valence-corrected chi connectivity index (χ3v) is 4.50. The average Bonchev–Trinajstić information content (AvgIpc) is 2.95. The minimum absolute atomic E-state index is 0.0788. The van der Waals surface area contributed by atoms with E-state index in [9.17, 15) is 4.79 Å². The van der Waals surface area contributed by atoms with Crippen molar-refractivity contribution in [2.24, 2.45) is 0 Å². The molecule has 98 valence electrons. The van der Waals surface area contributed by atoms with Crippen molar-refractivity contribution in [3.05, 3.63) is 58.4 Å². The van der Waals surface area contributed by atoms with Crippen LogP contribution in [0.2, 0.25) is 0 Å². The van der Waals surface area contributed by atoms with Crippen molar-refractivity contribution in [1.82, 2.24) is 9.88 Å². The zero-order valence-electron chi connectivity index (χ0n) is 10.6. The number of hydrogen-bond donors (Lipinski definition) is 1. The van der Waals surface area contributed by atoms with Crippen LogP contribution in [0.5, 0.6) is 0 Å². The first-order chi connectivity index (χ1) is 9.28. The average molecular weight is 256 g/mol. The second-order valence-corrected chi connectivity index (χ2v) is 5.66. The van der Waals surface area contributed by atoms with Gasteiger partial charge in [0.25, 0.3) is 5.56 Å². The Balaban J connectivity index is 1.89. The van der Waals surface area contributed by atoms with Crippen molar-refractivity contribution in [2.45, 2.75) is 24.3 Å². The number of fused-ring (bicyclic) bond motifs is 4. The number of pyridine rings is 1. The van der Waals surface area contributed by atoms with Crippen molar-refractivity contribution in [3.63, 3.8) is 0 Å². The summed E-state index contributed by atoms with van der Waals surface area (Å²) in [7, 11) is 0. The maximum atomic E-state index is 12.1. The molecule has 4 nitrogen and oxygen atoms in total. The van der Waals surface area contributed by atoms with Gasteiger partial charge in [0.05, 0.1) is 11.7 Å². The van der Waals surface area contributed by atoms with E-state index in [1.54, 1.807) is 12.3 Å². The Hall–Kier alpha value is -1.81. The first-order valence-corrected chi connectivity index (χ1v) is 6.73. The Morgan fingerprint density at radius 3 is 3.11 bits per heavy atom. The third-order valence-electron chi connectivity index (χ3n) is 4.50. The van der Waals surface area contributed by atoms with Gasteiger partial charge in [-0.1, -0.05) is 6.07 Å². The zero-order chi connectivity index (χ0) is 12.9. The van der Waals surface area contributed by atoms with Gasteiger partial charge in [0, 0.05) is 37.3 Å². The Bertz CT molecular complexity index is 659. The molecule has 0 unspecified atom stereocenters. The van der Waals surface area contributed by atoms with Gasteiger partial charge in [0.15, 0.2) is 0 Å². The topological polar surface area (TPSA) is 47.2 Å². The monoisotopic (exact) mass is 256 g/mol. The summed E-state index contributed by atoms with van der Waals surface area (Å²) in [5.74, 6) is 1.38. The SMILES string of the molecule is O=c1cccc2n1C[C@]1(c3ccco3)CNC[C@H]2C1. The number of rotatable bonds is 1. The molecule has 4 rings (SSSR count). The van der Waals surface area contributed by atoms with Crippen LogP contribution in [0.4, 0.5) is 0 Å². The Morgan fingerprint density at radius 2 is 2.26 bits per heavy atom. The number of piperidine rings is 1. The number of furan rings is 1. The number of aromatic nitrogens is 1. The van der Waals surface area contributed by atoms with Crippen LogP contribution in [-0.4, -0.2) is 17.7 Å². The van der Waals surface area contributed by atoms with Gasteiger partial charge in [-0.15, -0.1) is 0 Å². The lowest BCUT2D eigenvalue weighted by atomic mass is 9.70.